The van der Waals surface area contributed by atoms with Crippen LogP contribution in [0.15, 0.2) is 18.2 Å². The lowest BCUT2D eigenvalue weighted by molar-refractivity contribution is 0.0697. The van der Waals surface area contributed by atoms with Gasteiger partial charge in [-0.15, -0.1) is 0 Å². The normalized spacial score (nSPS) is 18.4. The van der Waals surface area contributed by atoms with Crippen LogP contribution in [0.4, 0.5) is 10.5 Å². The topological polar surface area (TPSA) is 69.6 Å². The quantitative estimate of drug-likeness (QED) is 0.897. The highest BCUT2D eigenvalue weighted by atomic mass is 16.4. The van der Waals surface area contributed by atoms with Crippen molar-refractivity contribution in [1.82, 2.24) is 4.90 Å². The van der Waals surface area contributed by atoms with E-state index in [9.17, 15) is 14.7 Å². The molecule has 2 N–H and O–H groups in total. The van der Waals surface area contributed by atoms with E-state index >= 15 is 0 Å². The Kier molecular flexibility index (Phi) is 4.83. The average Bonchev–Trinajstić information content (AvgIpc) is 2.47. The SMILES string of the molecule is CCC1CCCN(C(=O)Nc2cccc(C)c2C(=O)O)C1. The van der Waals surface area contributed by atoms with Crippen molar-refractivity contribution in [3.8, 4) is 0 Å². The third-order valence-electron chi connectivity index (χ3n) is 4.11. The van der Waals surface area contributed by atoms with Gasteiger partial charge in [-0.2, -0.15) is 0 Å². The van der Waals surface area contributed by atoms with E-state index in [-0.39, 0.29) is 11.6 Å². The molecule has 21 heavy (non-hydrogen) atoms. The van der Waals surface area contributed by atoms with E-state index in [4.69, 9.17) is 0 Å². The number of hydrogen-bond acceptors (Lipinski definition) is 2. The van der Waals surface area contributed by atoms with Gasteiger partial charge in [0.2, 0.25) is 0 Å². The van der Waals surface area contributed by atoms with E-state index in [2.05, 4.69) is 12.2 Å². The van der Waals surface area contributed by atoms with Crippen molar-refractivity contribution in [3.05, 3.63) is 29.3 Å². The van der Waals surface area contributed by atoms with Gasteiger partial charge in [0.15, 0.2) is 0 Å². The minimum Gasteiger partial charge on any atom is -0.478 e. The highest BCUT2D eigenvalue weighted by molar-refractivity contribution is 6.01. The van der Waals surface area contributed by atoms with E-state index in [0.717, 1.165) is 32.4 Å². The third-order valence-corrected chi connectivity index (χ3v) is 4.11. The number of urea groups is 1. The number of rotatable bonds is 3. The van der Waals surface area contributed by atoms with E-state index in [1.807, 2.05) is 0 Å². The van der Waals surface area contributed by atoms with Crippen LogP contribution in [0.1, 0.15) is 42.1 Å². The summed E-state index contributed by atoms with van der Waals surface area (Å²) in [6, 6.07) is 4.91. The maximum atomic E-state index is 12.3. The summed E-state index contributed by atoms with van der Waals surface area (Å²) in [6.45, 7) is 5.34. The lowest BCUT2D eigenvalue weighted by Crippen LogP contribution is -2.42. The van der Waals surface area contributed by atoms with Gasteiger partial charge in [0.05, 0.1) is 11.3 Å². The molecular weight excluding hydrogens is 268 g/mol. The van der Waals surface area contributed by atoms with Gasteiger partial charge >= 0.3 is 12.0 Å². The van der Waals surface area contributed by atoms with Gasteiger partial charge in [-0.05, 0) is 37.3 Å². The van der Waals surface area contributed by atoms with Crippen LogP contribution < -0.4 is 5.32 Å². The standard InChI is InChI=1S/C16H22N2O3/c1-3-12-7-5-9-18(10-12)16(21)17-13-8-4-6-11(2)14(13)15(19)20/h4,6,8,12H,3,5,7,9-10H2,1-2H3,(H,17,21)(H,19,20). The van der Waals surface area contributed by atoms with Gasteiger partial charge < -0.3 is 15.3 Å². The number of carbonyl (C=O) groups is 2. The van der Waals surface area contributed by atoms with Crippen LogP contribution in [0.3, 0.4) is 0 Å². The van der Waals surface area contributed by atoms with Crippen LogP contribution in [0.5, 0.6) is 0 Å². The molecule has 1 atom stereocenters. The fourth-order valence-electron chi connectivity index (χ4n) is 2.83. The number of carboxylic acids is 1. The van der Waals surface area contributed by atoms with Gasteiger partial charge in [-0.25, -0.2) is 9.59 Å². The van der Waals surface area contributed by atoms with Crippen molar-refractivity contribution < 1.29 is 14.7 Å². The molecule has 0 radical (unpaired) electrons. The van der Waals surface area contributed by atoms with Gasteiger partial charge in [-0.3, -0.25) is 0 Å². The molecule has 5 heteroatoms. The molecule has 1 aromatic carbocycles. The Labute approximate surface area is 125 Å². The van der Waals surface area contributed by atoms with Gasteiger partial charge in [-0.1, -0.05) is 25.5 Å². The summed E-state index contributed by atoms with van der Waals surface area (Å²) < 4.78 is 0. The zero-order valence-electron chi connectivity index (χ0n) is 12.6. The number of anilines is 1. The molecule has 114 valence electrons. The number of piperidine rings is 1. The molecule has 1 aliphatic rings. The fraction of sp³-hybridized carbons (Fsp3) is 0.500. The first-order valence-corrected chi connectivity index (χ1v) is 7.41. The zero-order chi connectivity index (χ0) is 15.4. The summed E-state index contributed by atoms with van der Waals surface area (Å²) in [6.07, 6.45) is 3.23. The number of carbonyl (C=O) groups excluding carboxylic acids is 1. The summed E-state index contributed by atoms with van der Waals surface area (Å²) in [5.74, 6) is -0.477. The lowest BCUT2D eigenvalue weighted by atomic mass is 9.96. The first-order valence-electron chi connectivity index (χ1n) is 7.41. The van der Waals surface area contributed by atoms with Crippen LogP contribution in [0.2, 0.25) is 0 Å². The van der Waals surface area contributed by atoms with Crippen LogP contribution in [0, 0.1) is 12.8 Å². The summed E-state index contributed by atoms with van der Waals surface area (Å²) in [5.41, 5.74) is 1.17. The number of nitrogens with zero attached hydrogens (tertiary/aromatic N) is 1. The third kappa shape index (κ3) is 3.54. The molecule has 2 rings (SSSR count). The number of aryl methyl sites for hydroxylation is 1. The first-order chi connectivity index (χ1) is 10.0. The Morgan fingerprint density at radius 2 is 2.19 bits per heavy atom. The predicted octanol–water partition coefficient (Wildman–Crippen LogP) is 3.35. The molecule has 1 saturated heterocycles. The molecule has 1 heterocycles. The molecule has 0 aromatic heterocycles. The number of carboxylic acid groups (broad SMARTS) is 1. The smallest absolute Gasteiger partial charge is 0.338 e. The molecule has 5 nitrogen and oxygen atoms in total. The predicted molar refractivity (Wildman–Crippen MR) is 81.7 cm³/mol. The molecule has 0 bridgehead atoms. The molecule has 1 unspecified atom stereocenters. The second-order valence-corrected chi connectivity index (χ2v) is 5.60. The first kappa shape index (κ1) is 15.4. The Hall–Kier alpha value is -2.04. The number of aromatic carboxylic acids is 1. The zero-order valence-corrected chi connectivity index (χ0v) is 12.6. The molecule has 2 amide bonds. The second kappa shape index (κ2) is 6.61. The fourth-order valence-corrected chi connectivity index (χ4v) is 2.83. The van der Waals surface area contributed by atoms with Crippen LogP contribution >= 0.6 is 0 Å². The largest absolute Gasteiger partial charge is 0.478 e. The Balaban J connectivity index is 2.13. The van der Waals surface area contributed by atoms with Crippen molar-refractivity contribution in [2.45, 2.75) is 33.1 Å². The van der Waals surface area contributed by atoms with Gasteiger partial charge in [0.25, 0.3) is 0 Å². The summed E-state index contributed by atoms with van der Waals surface area (Å²) in [4.78, 5) is 25.5. The van der Waals surface area contributed by atoms with E-state index in [1.54, 1.807) is 30.0 Å². The number of amides is 2. The molecular formula is C16H22N2O3. The monoisotopic (exact) mass is 290 g/mol. The van der Waals surface area contributed by atoms with Crippen LogP contribution in [0.25, 0.3) is 0 Å². The van der Waals surface area contributed by atoms with E-state index in [0.29, 0.717) is 17.2 Å². The molecule has 0 saturated carbocycles. The van der Waals surface area contributed by atoms with Crippen molar-refractivity contribution in [2.75, 3.05) is 18.4 Å². The van der Waals surface area contributed by atoms with E-state index < -0.39 is 5.97 Å². The summed E-state index contributed by atoms with van der Waals surface area (Å²) in [5, 5.41) is 12.0. The minimum atomic E-state index is -1.02. The number of nitrogens with one attached hydrogen (secondary N) is 1. The van der Waals surface area contributed by atoms with Crippen molar-refractivity contribution in [3.63, 3.8) is 0 Å². The Bertz CT molecular complexity index is 542. The minimum absolute atomic E-state index is 0.162. The maximum absolute atomic E-state index is 12.3. The van der Waals surface area contributed by atoms with Crippen LogP contribution in [-0.4, -0.2) is 35.1 Å². The molecule has 0 aliphatic carbocycles. The Morgan fingerprint density at radius 1 is 1.43 bits per heavy atom. The number of likely N-dealkylation sites (tertiary alicyclic amines) is 1. The maximum Gasteiger partial charge on any atom is 0.338 e. The van der Waals surface area contributed by atoms with Crippen molar-refractivity contribution in [2.24, 2.45) is 5.92 Å². The number of hydrogen-bond donors (Lipinski definition) is 2. The lowest BCUT2D eigenvalue weighted by Gasteiger charge is -2.32. The molecule has 1 aliphatic heterocycles. The van der Waals surface area contributed by atoms with Gasteiger partial charge in [0.1, 0.15) is 0 Å². The van der Waals surface area contributed by atoms with Gasteiger partial charge in [0, 0.05) is 13.1 Å². The molecule has 1 fully saturated rings. The molecule has 0 spiro atoms. The van der Waals surface area contributed by atoms with E-state index in [1.165, 1.54) is 0 Å². The second-order valence-electron chi connectivity index (χ2n) is 5.60. The van der Waals surface area contributed by atoms with Crippen LogP contribution in [-0.2, 0) is 0 Å². The Morgan fingerprint density at radius 3 is 2.86 bits per heavy atom. The average molecular weight is 290 g/mol. The van der Waals surface area contributed by atoms with Crippen molar-refractivity contribution in [1.29, 1.82) is 0 Å². The molecule has 1 aromatic rings. The van der Waals surface area contributed by atoms with Crippen molar-refractivity contribution >= 4 is 17.7 Å². The summed E-state index contributed by atoms with van der Waals surface area (Å²) in [7, 11) is 0. The number of benzene rings is 1. The summed E-state index contributed by atoms with van der Waals surface area (Å²) >= 11 is 0. The highest BCUT2D eigenvalue weighted by Crippen LogP contribution is 2.23. The highest BCUT2D eigenvalue weighted by Gasteiger charge is 2.24.